The van der Waals surface area contributed by atoms with Crippen LogP contribution in [0, 0.1) is 11.8 Å². The molecule has 1 unspecified atom stereocenters. The van der Waals surface area contributed by atoms with Crippen molar-refractivity contribution in [2.24, 2.45) is 11.8 Å². The fourth-order valence-corrected chi connectivity index (χ4v) is 3.49. The Hall–Kier alpha value is -0.880. The fourth-order valence-electron chi connectivity index (χ4n) is 2.03. The largest absolute Gasteiger partial charge is 0.481 e. The Morgan fingerprint density at radius 2 is 2.10 bits per heavy atom. The van der Waals surface area contributed by atoms with Gasteiger partial charge in [-0.2, -0.15) is 0 Å². The zero-order chi connectivity index (χ0) is 15.1. The van der Waals surface area contributed by atoms with Gasteiger partial charge in [0, 0.05) is 17.4 Å². The SMILES string of the molecule is CC(C)C(CCNC(=O)c1sccc1Br)CCC(=O)O. The second-order valence-corrected chi connectivity index (χ2v) is 6.85. The molecule has 2 N–H and O–H groups in total. The lowest BCUT2D eigenvalue weighted by Gasteiger charge is -2.20. The monoisotopic (exact) mass is 361 g/mol. The van der Waals surface area contributed by atoms with Crippen LogP contribution >= 0.6 is 27.3 Å². The Bertz CT molecular complexity index is 459. The third kappa shape index (κ3) is 5.63. The van der Waals surface area contributed by atoms with Crippen molar-refractivity contribution in [3.05, 3.63) is 20.8 Å². The van der Waals surface area contributed by atoms with Gasteiger partial charge in [-0.25, -0.2) is 0 Å². The molecule has 0 aliphatic heterocycles. The molecule has 1 aromatic heterocycles. The van der Waals surface area contributed by atoms with Crippen molar-refractivity contribution in [2.75, 3.05) is 6.54 Å². The van der Waals surface area contributed by atoms with Crippen LogP contribution in [0.1, 0.15) is 42.8 Å². The number of thiophene rings is 1. The van der Waals surface area contributed by atoms with E-state index < -0.39 is 5.97 Å². The molecule has 112 valence electrons. The van der Waals surface area contributed by atoms with E-state index in [1.54, 1.807) is 0 Å². The van der Waals surface area contributed by atoms with Crippen LogP contribution < -0.4 is 5.32 Å². The number of carboxylic acids is 1. The first-order valence-electron chi connectivity index (χ1n) is 6.64. The summed E-state index contributed by atoms with van der Waals surface area (Å²) in [5, 5.41) is 13.5. The molecule has 0 radical (unpaired) electrons. The average molecular weight is 362 g/mol. The van der Waals surface area contributed by atoms with Crippen LogP contribution in [-0.2, 0) is 4.79 Å². The van der Waals surface area contributed by atoms with Crippen molar-refractivity contribution in [1.82, 2.24) is 5.32 Å². The number of hydrogen-bond acceptors (Lipinski definition) is 3. The van der Waals surface area contributed by atoms with Gasteiger partial charge in [-0.15, -0.1) is 11.3 Å². The molecular weight excluding hydrogens is 342 g/mol. The Kier molecular flexibility index (Phi) is 7.23. The number of carboxylic acid groups (broad SMARTS) is 1. The zero-order valence-corrected chi connectivity index (χ0v) is 14.1. The average Bonchev–Trinajstić information content (AvgIpc) is 2.78. The maximum absolute atomic E-state index is 11.9. The van der Waals surface area contributed by atoms with Gasteiger partial charge in [0.15, 0.2) is 0 Å². The van der Waals surface area contributed by atoms with Crippen molar-refractivity contribution in [3.63, 3.8) is 0 Å². The lowest BCUT2D eigenvalue weighted by Crippen LogP contribution is -2.26. The molecule has 0 saturated carbocycles. The van der Waals surface area contributed by atoms with Gasteiger partial charge in [-0.1, -0.05) is 13.8 Å². The van der Waals surface area contributed by atoms with E-state index in [9.17, 15) is 9.59 Å². The normalized spacial score (nSPS) is 12.4. The van der Waals surface area contributed by atoms with Gasteiger partial charge >= 0.3 is 5.97 Å². The Balaban J connectivity index is 2.38. The van der Waals surface area contributed by atoms with E-state index in [-0.39, 0.29) is 12.3 Å². The number of amides is 1. The smallest absolute Gasteiger partial charge is 0.303 e. The molecule has 1 heterocycles. The van der Waals surface area contributed by atoms with Crippen molar-refractivity contribution in [3.8, 4) is 0 Å². The van der Waals surface area contributed by atoms with Gasteiger partial charge in [0.2, 0.25) is 0 Å². The summed E-state index contributed by atoms with van der Waals surface area (Å²) in [6, 6.07) is 1.85. The summed E-state index contributed by atoms with van der Waals surface area (Å²) in [5.74, 6) is -0.104. The second-order valence-electron chi connectivity index (χ2n) is 5.08. The number of hydrogen-bond donors (Lipinski definition) is 2. The van der Waals surface area contributed by atoms with Gasteiger partial charge in [-0.3, -0.25) is 9.59 Å². The van der Waals surface area contributed by atoms with Crippen LogP contribution in [0.2, 0.25) is 0 Å². The van der Waals surface area contributed by atoms with E-state index in [2.05, 4.69) is 35.1 Å². The van der Waals surface area contributed by atoms with E-state index in [4.69, 9.17) is 5.11 Å². The lowest BCUT2D eigenvalue weighted by atomic mass is 9.88. The maximum atomic E-state index is 11.9. The van der Waals surface area contributed by atoms with E-state index in [1.807, 2.05) is 11.4 Å². The number of carbonyl (C=O) groups is 2. The van der Waals surface area contributed by atoms with Crippen LogP contribution in [0.15, 0.2) is 15.9 Å². The molecule has 1 aromatic rings. The van der Waals surface area contributed by atoms with Gasteiger partial charge in [0.1, 0.15) is 4.88 Å². The van der Waals surface area contributed by atoms with E-state index in [0.717, 1.165) is 10.9 Å². The topological polar surface area (TPSA) is 66.4 Å². The molecule has 1 rings (SSSR count). The lowest BCUT2D eigenvalue weighted by molar-refractivity contribution is -0.137. The van der Waals surface area contributed by atoms with Crippen molar-refractivity contribution < 1.29 is 14.7 Å². The maximum Gasteiger partial charge on any atom is 0.303 e. The minimum atomic E-state index is -0.762. The summed E-state index contributed by atoms with van der Waals surface area (Å²) in [7, 11) is 0. The predicted molar refractivity (Wildman–Crippen MR) is 84.2 cm³/mol. The van der Waals surface area contributed by atoms with Gasteiger partial charge < -0.3 is 10.4 Å². The van der Waals surface area contributed by atoms with Crippen molar-refractivity contribution in [2.45, 2.75) is 33.1 Å². The summed E-state index contributed by atoms with van der Waals surface area (Å²) < 4.78 is 0.811. The highest BCUT2D eigenvalue weighted by Crippen LogP contribution is 2.23. The summed E-state index contributed by atoms with van der Waals surface area (Å²) in [6.45, 7) is 4.75. The van der Waals surface area contributed by atoms with Gasteiger partial charge in [-0.05, 0) is 52.1 Å². The highest BCUT2D eigenvalue weighted by atomic mass is 79.9. The van der Waals surface area contributed by atoms with Crippen molar-refractivity contribution >= 4 is 39.1 Å². The molecule has 0 aliphatic rings. The standard InChI is InChI=1S/C14H20BrNO3S/c1-9(2)10(3-4-12(17)18)5-7-16-14(19)13-11(15)6-8-20-13/h6,8-10H,3-5,7H2,1-2H3,(H,16,19)(H,17,18). The third-order valence-corrected chi connectivity index (χ3v) is 5.13. The molecular formula is C14H20BrNO3S. The highest BCUT2D eigenvalue weighted by molar-refractivity contribution is 9.10. The number of aliphatic carboxylic acids is 1. The first-order chi connectivity index (χ1) is 9.41. The van der Waals surface area contributed by atoms with Crippen LogP contribution in [0.5, 0.6) is 0 Å². The molecule has 0 aliphatic carbocycles. The molecule has 0 bridgehead atoms. The minimum absolute atomic E-state index is 0.0763. The first-order valence-corrected chi connectivity index (χ1v) is 8.32. The van der Waals surface area contributed by atoms with E-state index >= 15 is 0 Å². The molecule has 0 saturated heterocycles. The minimum Gasteiger partial charge on any atom is -0.481 e. The molecule has 6 heteroatoms. The summed E-state index contributed by atoms with van der Waals surface area (Å²) in [4.78, 5) is 23.2. The molecule has 20 heavy (non-hydrogen) atoms. The molecule has 1 amide bonds. The fraction of sp³-hybridized carbons (Fsp3) is 0.571. The Morgan fingerprint density at radius 1 is 1.40 bits per heavy atom. The van der Waals surface area contributed by atoms with Crippen LogP contribution in [0.4, 0.5) is 0 Å². The van der Waals surface area contributed by atoms with Crippen LogP contribution in [0.3, 0.4) is 0 Å². The molecule has 0 aromatic carbocycles. The van der Waals surface area contributed by atoms with E-state index in [0.29, 0.717) is 29.7 Å². The number of rotatable bonds is 8. The summed E-state index contributed by atoms with van der Waals surface area (Å²) >= 11 is 4.74. The molecule has 0 spiro atoms. The second kappa shape index (κ2) is 8.42. The zero-order valence-electron chi connectivity index (χ0n) is 11.7. The quantitative estimate of drug-likeness (QED) is 0.740. The predicted octanol–water partition coefficient (Wildman–Crippen LogP) is 3.77. The number of carbonyl (C=O) groups excluding carboxylic acids is 1. The molecule has 0 fully saturated rings. The van der Waals surface area contributed by atoms with Crippen LogP contribution in [-0.4, -0.2) is 23.5 Å². The summed E-state index contributed by atoms with van der Waals surface area (Å²) in [5.41, 5.74) is 0. The Morgan fingerprint density at radius 3 is 2.60 bits per heavy atom. The number of halogens is 1. The molecule has 4 nitrogen and oxygen atoms in total. The Labute approximate surface area is 131 Å². The van der Waals surface area contributed by atoms with Crippen molar-refractivity contribution in [1.29, 1.82) is 0 Å². The van der Waals surface area contributed by atoms with E-state index in [1.165, 1.54) is 11.3 Å². The third-order valence-electron chi connectivity index (χ3n) is 3.30. The van der Waals surface area contributed by atoms with Crippen LogP contribution in [0.25, 0.3) is 0 Å². The number of nitrogens with one attached hydrogen (secondary N) is 1. The van der Waals surface area contributed by atoms with Gasteiger partial charge in [0.05, 0.1) is 0 Å². The summed E-state index contributed by atoms with van der Waals surface area (Å²) in [6.07, 6.45) is 1.65. The first kappa shape index (κ1) is 17.2. The van der Waals surface area contributed by atoms with Gasteiger partial charge in [0.25, 0.3) is 5.91 Å². The highest BCUT2D eigenvalue weighted by Gasteiger charge is 2.16. The molecule has 1 atom stereocenters.